The molecule has 1 atom stereocenters. The van der Waals surface area contributed by atoms with Crippen LogP contribution in [0.4, 0.5) is 0 Å². The van der Waals surface area contributed by atoms with E-state index in [1.807, 2.05) is 35.9 Å². The topological polar surface area (TPSA) is 88.9 Å². The van der Waals surface area contributed by atoms with Gasteiger partial charge in [0.1, 0.15) is 5.75 Å². The molecule has 0 bridgehead atoms. The second kappa shape index (κ2) is 10.9. The first-order valence-corrected chi connectivity index (χ1v) is 13.1. The second-order valence-electron chi connectivity index (χ2n) is 10.7. The third-order valence-corrected chi connectivity index (χ3v) is 6.99. The Balaban J connectivity index is 1.76. The highest BCUT2D eigenvalue weighted by atomic mass is 16.5. The number of aromatic amines is 1. The lowest BCUT2D eigenvalue weighted by molar-refractivity contribution is 0.0779. The van der Waals surface area contributed by atoms with E-state index in [2.05, 4.69) is 53.1 Å². The van der Waals surface area contributed by atoms with Crippen molar-refractivity contribution in [3.05, 3.63) is 46.0 Å². The predicted molar refractivity (Wildman–Crippen MR) is 139 cm³/mol. The number of fused-ring (bicyclic) bond motifs is 1. The molecule has 3 aromatic rings. The number of benzene rings is 1. The van der Waals surface area contributed by atoms with Gasteiger partial charge in [-0.3, -0.25) is 9.69 Å². The van der Waals surface area contributed by atoms with E-state index in [9.17, 15) is 4.79 Å². The summed E-state index contributed by atoms with van der Waals surface area (Å²) in [6, 6.07) is 8.30. The maximum Gasteiger partial charge on any atom is 0.252 e. The van der Waals surface area contributed by atoms with Gasteiger partial charge < -0.3 is 9.72 Å². The fraction of sp³-hybridized carbons (Fsp3) is 0.630. The number of pyridine rings is 1. The van der Waals surface area contributed by atoms with E-state index in [1.54, 1.807) is 0 Å². The Morgan fingerprint density at radius 2 is 1.94 bits per heavy atom. The fourth-order valence-corrected chi connectivity index (χ4v) is 5.30. The van der Waals surface area contributed by atoms with Crippen LogP contribution in [0.1, 0.15) is 97.0 Å². The number of ether oxygens (including phenoxy) is 1. The van der Waals surface area contributed by atoms with Crippen molar-refractivity contribution < 1.29 is 4.74 Å². The minimum atomic E-state index is -0.223. The third kappa shape index (κ3) is 5.74. The van der Waals surface area contributed by atoms with Gasteiger partial charge in [-0.15, -0.1) is 5.10 Å². The van der Waals surface area contributed by atoms with Gasteiger partial charge in [-0.1, -0.05) is 32.6 Å². The smallest absolute Gasteiger partial charge is 0.252 e. The monoisotopic (exact) mass is 480 g/mol. The van der Waals surface area contributed by atoms with Gasteiger partial charge in [-0.05, 0) is 81.6 Å². The standard InChI is InChI=1S/C27H40N6O2/c1-6-11-24(25-29-30-31-33(25)27(3,4)5)32(21-12-9-8-10-13-21)18-20-16-19-17-22(35-7-2)14-15-23(19)28-26(20)34/h14-17,21,24H,6-13,18H2,1-5H3,(H,28,34)/t24-/m0/s1. The first-order valence-electron chi connectivity index (χ1n) is 13.1. The Bertz CT molecular complexity index is 1170. The maximum absolute atomic E-state index is 13.2. The number of rotatable bonds is 9. The number of hydrogen-bond acceptors (Lipinski definition) is 6. The summed E-state index contributed by atoms with van der Waals surface area (Å²) in [4.78, 5) is 18.8. The zero-order valence-corrected chi connectivity index (χ0v) is 21.9. The van der Waals surface area contributed by atoms with Gasteiger partial charge in [0.2, 0.25) is 0 Å². The molecule has 0 radical (unpaired) electrons. The molecule has 8 nitrogen and oxygen atoms in total. The highest BCUT2D eigenvalue weighted by Gasteiger charge is 2.34. The van der Waals surface area contributed by atoms with Crippen molar-refractivity contribution in [2.45, 2.75) is 104 Å². The molecule has 1 N–H and O–H groups in total. The lowest BCUT2D eigenvalue weighted by Gasteiger charge is -2.40. The molecule has 0 unspecified atom stereocenters. The average Bonchev–Trinajstić information content (AvgIpc) is 3.33. The van der Waals surface area contributed by atoms with E-state index < -0.39 is 0 Å². The van der Waals surface area contributed by atoms with Gasteiger partial charge in [0.05, 0.1) is 18.2 Å². The van der Waals surface area contributed by atoms with E-state index in [0.29, 0.717) is 19.2 Å². The number of tetrazole rings is 1. The highest BCUT2D eigenvalue weighted by molar-refractivity contribution is 5.80. The SMILES string of the molecule is CCC[C@@H](c1nnnn1C(C)(C)C)N(Cc1cc2cc(OCC)ccc2[nH]c1=O)C1CCCCC1. The van der Waals surface area contributed by atoms with E-state index in [4.69, 9.17) is 4.74 Å². The highest BCUT2D eigenvalue weighted by Crippen LogP contribution is 2.35. The zero-order chi connectivity index (χ0) is 25.0. The Morgan fingerprint density at radius 3 is 2.63 bits per heavy atom. The van der Waals surface area contributed by atoms with E-state index in [1.165, 1.54) is 19.3 Å². The normalized spacial score (nSPS) is 16.2. The lowest BCUT2D eigenvalue weighted by Crippen LogP contribution is -2.42. The Kier molecular flexibility index (Phi) is 7.89. The van der Waals surface area contributed by atoms with Gasteiger partial charge >= 0.3 is 0 Å². The van der Waals surface area contributed by atoms with Crippen LogP contribution in [0.2, 0.25) is 0 Å². The minimum absolute atomic E-state index is 0.0341. The molecule has 1 saturated carbocycles. The number of H-pyrrole nitrogens is 1. The first-order chi connectivity index (χ1) is 16.8. The molecule has 2 aromatic heterocycles. The van der Waals surface area contributed by atoms with Crippen LogP contribution in [0.3, 0.4) is 0 Å². The van der Waals surface area contributed by atoms with Crippen LogP contribution in [0.25, 0.3) is 10.9 Å². The Morgan fingerprint density at radius 1 is 1.17 bits per heavy atom. The average molecular weight is 481 g/mol. The van der Waals surface area contributed by atoms with Crippen molar-refractivity contribution in [1.82, 2.24) is 30.1 Å². The van der Waals surface area contributed by atoms with Crippen molar-refractivity contribution in [3.8, 4) is 5.75 Å². The second-order valence-corrected chi connectivity index (χ2v) is 10.7. The van der Waals surface area contributed by atoms with Crippen molar-refractivity contribution in [2.24, 2.45) is 0 Å². The molecule has 2 heterocycles. The molecule has 1 fully saturated rings. The van der Waals surface area contributed by atoms with E-state index in [0.717, 1.165) is 53.7 Å². The summed E-state index contributed by atoms with van der Waals surface area (Å²) in [6.07, 6.45) is 7.93. The molecule has 4 rings (SSSR count). The largest absolute Gasteiger partial charge is 0.494 e. The summed E-state index contributed by atoms with van der Waals surface area (Å²) in [7, 11) is 0. The number of nitrogens with one attached hydrogen (secondary N) is 1. The maximum atomic E-state index is 13.2. The zero-order valence-electron chi connectivity index (χ0n) is 21.9. The van der Waals surface area contributed by atoms with Gasteiger partial charge in [-0.25, -0.2) is 4.68 Å². The first kappa shape index (κ1) is 25.4. The molecule has 1 aliphatic carbocycles. The number of nitrogens with zero attached hydrogens (tertiary/aromatic N) is 5. The van der Waals surface area contributed by atoms with Crippen LogP contribution in [0.15, 0.2) is 29.1 Å². The number of aromatic nitrogens is 5. The molecule has 1 aliphatic rings. The summed E-state index contributed by atoms with van der Waals surface area (Å²) in [5.41, 5.74) is 1.34. The lowest BCUT2D eigenvalue weighted by atomic mass is 9.91. The van der Waals surface area contributed by atoms with Gasteiger partial charge in [0.25, 0.3) is 5.56 Å². The van der Waals surface area contributed by atoms with Crippen LogP contribution < -0.4 is 10.3 Å². The third-order valence-electron chi connectivity index (χ3n) is 6.99. The molecular weight excluding hydrogens is 440 g/mol. The van der Waals surface area contributed by atoms with Crippen LogP contribution in [-0.4, -0.2) is 42.7 Å². The van der Waals surface area contributed by atoms with Crippen LogP contribution in [0.5, 0.6) is 5.75 Å². The van der Waals surface area contributed by atoms with Crippen molar-refractivity contribution in [1.29, 1.82) is 0 Å². The Hall–Kier alpha value is -2.74. The van der Waals surface area contributed by atoms with Crippen LogP contribution in [0, 0.1) is 0 Å². The van der Waals surface area contributed by atoms with E-state index in [-0.39, 0.29) is 17.1 Å². The predicted octanol–water partition coefficient (Wildman–Crippen LogP) is 5.34. The Labute approximate surface area is 208 Å². The molecule has 0 spiro atoms. The van der Waals surface area contributed by atoms with Crippen molar-refractivity contribution in [3.63, 3.8) is 0 Å². The summed E-state index contributed by atoms with van der Waals surface area (Å²) < 4.78 is 7.66. The molecule has 35 heavy (non-hydrogen) atoms. The molecule has 8 heteroatoms. The minimum Gasteiger partial charge on any atom is -0.494 e. The molecule has 190 valence electrons. The van der Waals surface area contributed by atoms with Gasteiger partial charge in [0, 0.05) is 29.1 Å². The van der Waals surface area contributed by atoms with Gasteiger partial charge in [-0.2, -0.15) is 0 Å². The molecule has 0 saturated heterocycles. The summed E-state index contributed by atoms with van der Waals surface area (Å²) in [6.45, 7) is 11.7. The summed E-state index contributed by atoms with van der Waals surface area (Å²) in [5.74, 6) is 1.70. The van der Waals surface area contributed by atoms with Crippen molar-refractivity contribution in [2.75, 3.05) is 6.61 Å². The molecule has 0 amide bonds. The van der Waals surface area contributed by atoms with Crippen molar-refractivity contribution >= 4 is 10.9 Å². The quantitative estimate of drug-likeness (QED) is 0.444. The van der Waals surface area contributed by atoms with Crippen LogP contribution in [-0.2, 0) is 12.1 Å². The molecule has 0 aliphatic heterocycles. The summed E-state index contributed by atoms with van der Waals surface area (Å²) in [5, 5.41) is 13.9. The van der Waals surface area contributed by atoms with E-state index >= 15 is 0 Å². The molecule has 1 aromatic carbocycles. The molecular formula is C27H40N6O2. The number of hydrogen-bond donors (Lipinski definition) is 1. The fourth-order valence-electron chi connectivity index (χ4n) is 5.30. The summed E-state index contributed by atoms with van der Waals surface area (Å²) >= 11 is 0. The van der Waals surface area contributed by atoms with Gasteiger partial charge in [0.15, 0.2) is 5.82 Å². The van der Waals surface area contributed by atoms with Crippen LogP contribution >= 0.6 is 0 Å².